The van der Waals surface area contributed by atoms with Crippen molar-refractivity contribution in [2.45, 2.75) is 47.0 Å². The zero-order valence-corrected chi connectivity index (χ0v) is 8.78. The number of fused-ring (bicyclic) bond motifs is 2. The second-order valence-corrected chi connectivity index (χ2v) is 5.34. The third kappa shape index (κ3) is 0.901. The fourth-order valence-corrected chi connectivity index (χ4v) is 3.70. The van der Waals surface area contributed by atoms with Crippen LogP contribution in [-0.4, -0.2) is 0 Å². The number of rotatable bonds is 0. The molecule has 0 heteroatoms. The zero-order chi connectivity index (χ0) is 8.93. The number of allylic oxidation sites excluding steroid dienone is 2. The molecule has 2 rings (SSSR count). The van der Waals surface area contributed by atoms with Gasteiger partial charge in [0.2, 0.25) is 0 Å². The van der Waals surface area contributed by atoms with E-state index in [2.05, 4.69) is 27.7 Å². The van der Waals surface area contributed by atoms with Gasteiger partial charge in [0.05, 0.1) is 0 Å². The molecule has 2 aliphatic rings. The molecule has 2 aliphatic carbocycles. The van der Waals surface area contributed by atoms with Crippen molar-refractivity contribution in [3.8, 4) is 0 Å². The molecule has 0 nitrogen and oxygen atoms in total. The summed E-state index contributed by atoms with van der Waals surface area (Å²) in [6.07, 6.45) is 4.43. The van der Waals surface area contributed by atoms with E-state index in [4.69, 9.17) is 0 Å². The van der Waals surface area contributed by atoms with Crippen molar-refractivity contribution in [2.24, 2.45) is 17.3 Å². The quantitative estimate of drug-likeness (QED) is 0.478. The molecule has 2 bridgehead atoms. The molecule has 0 spiro atoms. The maximum atomic E-state index is 2.44. The summed E-state index contributed by atoms with van der Waals surface area (Å²) in [7, 11) is 0. The van der Waals surface area contributed by atoms with Crippen molar-refractivity contribution in [3.63, 3.8) is 0 Å². The molecule has 2 atom stereocenters. The SMILES string of the molecule is CC(C)=C1[C@H]2CC[C@H](C2)C1(C)C. The normalized spacial score (nSPS) is 37.5. The van der Waals surface area contributed by atoms with Crippen LogP contribution in [0.15, 0.2) is 11.1 Å². The minimum absolute atomic E-state index is 0.530. The van der Waals surface area contributed by atoms with Gasteiger partial charge in [0, 0.05) is 0 Å². The van der Waals surface area contributed by atoms with Gasteiger partial charge in [-0.05, 0) is 50.4 Å². The maximum absolute atomic E-state index is 2.44. The van der Waals surface area contributed by atoms with Crippen LogP contribution >= 0.6 is 0 Å². The summed E-state index contributed by atoms with van der Waals surface area (Å²) in [6.45, 7) is 9.47. The first-order chi connectivity index (χ1) is 5.53. The van der Waals surface area contributed by atoms with E-state index < -0.39 is 0 Å². The average Bonchev–Trinajstić information content (AvgIpc) is 2.41. The summed E-state index contributed by atoms with van der Waals surface area (Å²) in [4.78, 5) is 0. The first-order valence-electron chi connectivity index (χ1n) is 5.21. The van der Waals surface area contributed by atoms with Gasteiger partial charge < -0.3 is 0 Å². The van der Waals surface area contributed by atoms with Gasteiger partial charge in [-0.1, -0.05) is 25.0 Å². The molecule has 0 heterocycles. The first-order valence-corrected chi connectivity index (χ1v) is 5.21. The summed E-state index contributed by atoms with van der Waals surface area (Å²) in [5, 5.41) is 0. The van der Waals surface area contributed by atoms with Crippen LogP contribution < -0.4 is 0 Å². The molecule has 0 N–H and O–H groups in total. The molecule has 2 fully saturated rings. The van der Waals surface area contributed by atoms with Crippen LogP contribution in [0.3, 0.4) is 0 Å². The lowest BCUT2D eigenvalue weighted by Crippen LogP contribution is -2.23. The molecule has 0 aliphatic heterocycles. The first kappa shape index (κ1) is 8.34. The standard InChI is InChI=1S/C12H20/c1-8(2)11-9-5-6-10(7-9)12(11,3)4/h9-10H,5-7H2,1-4H3/t9-,10+/m0/s1. The summed E-state index contributed by atoms with van der Waals surface area (Å²) in [5.41, 5.74) is 3.91. The van der Waals surface area contributed by atoms with Crippen molar-refractivity contribution in [2.75, 3.05) is 0 Å². The Morgan fingerprint density at radius 1 is 1.25 bits per heavy atom. The molecule has 0 aromatic heterocycles. The zero-order valence-electron chi connectivity index (χ0n) is 8.78. The average molecular weight is 164 g/mol. The molecule has 12 heavy (non-hydrogen) atoms. The van der Waals surface area contributed by atoms with Gasteiger partial charge in [0.25, 0.3) is 0 Å². The fraction of sp³-hybridized carbons (Fsp3) is 0.833. The highest BCUT2D eigenvalue weighted by Crippen LogP contribution is 2.59. The third-order valence-corrected chi connectivity index (χ3v) is 4.09. The van der Waals surface area contributed by atoms with Crippen molar-refractivity contribution >= 4 is 0 Å². The number of hydrogen-bond acceptors (Lipinski definition) is 0. The van der Waals surface area contributed by atoms with Crippen LogP contribution in [0.1, 0.15) is 47.0 Å². The van der Waals surface area contributed by atoms with Gasteiger partial charge in [0.15, 0.2) is 0 Å². The van der Waals surface area contributed by atoms with Gasteiger partial charge in [-0.25, -0.2) is 0 Å². The molecule has 68 valence electrons. The summed E-state index contributed by atoms with van der Waals surface area (Å²) >= 11 is 0. The van der Waals surface area contributed by atoms with E-state index in [1.54, 1.807) is 11.1 Å². The van der Waals surface area contributed by atoms with E-state index in [1.807, 2.05) is 0 Å². The Bertz CT molecular complexity index is 228. The second-order valence-electron chi connectivity index (χ2n) is 5.34. The summed E-state index contributed by atoms with van der Waals surface area (Å²) in [5.74, 6) is 1.95. The van der Waals surface area contributed by atoms with E-state index in [-0.39, 0.29) is 0 Å². The molecular formula is C12H20. The predicted molar refractivity (Wildman–Crippen MR) is 53.0 cm³/mol. The van der Waals surface area contributed by atoms with Crippen LogP contribution in [0.2, 0.25) is 0 Å². The molecule has 2 saturated carbocycles. The lowest BCUT2D eigenvalue weighted by atomic mass is 9.71. The topological polar surface area (TPSA) is 0 Å². The monoisotopic (exact) mass is 164 g/mol. The van der Waals surface area contributed by atoms with Crippen LogP contribution in [0.25, 0.3) is 0 Å². The summed E-state index contributed by atoms with van der Waals surface area (Å²) in [6, 6.07) is 0. The Kier molecular flexibility index (Phi) is 1.65. The van der Waals surface area contributed by atoms with Crippen molar-refractivity contribution < 1.29 is 0 Å². The Labute approximate surface area is 76.1 Å². The van der Waals surface area contributed by atoms with Crippen LogP contribution in [0.5, 0.6) is 0 Å². The Morgan fingerprint density at radius 3 is 2.25 bits per heavy atom. The summed E-state index contributed by atoms with van der Waals surface area (Å²) < 4.78 is 0. The van der Waals surface area contributed by atoms with E-state index in [9.17, 15) is 0 Å². The molecular weight excluding hydrogens is 144 g/mol. The smallest absolute Gasteiger partial charge is 0.0111 e. The lowest BCUT2D eigenvalue weighted by molar-refractivity contribution is 0.285. The largest absolute Gasteiger partial charge is 0.0764 e. The molecule has 0 aromatic carbocycles. The van der Waals surface area contributed by atoms with Crippen LogP contribution in [0, 0.1) is 17.3 Å². The Balaban J connectivity index is 2.42. The molecule has 0 radical (unpaired) electrons. The molecule has 0 unspecified atom stereocenters. The van der Waals surface area contributed by atoms with Gasteiger partial charge in [-0.15, -0.1) is 0 Å². The van der Waals surface area contributed by atoms with Crippen LogP contribution in [0.4, 0.5) is 0 Å². The maximum Gasteiger partial charge on any atom is -0.0111 e. The Morgan fingerprint density at radius 2 is 1.92 bits per heavy atom. The van der Waals surface area contributed by atoms with Crippen molar-refractivity contribution in [3.05, 3.63) is 11.1 Å². The van der Waals surface area contributed by atoms with Crippen molar-refractivity contribution in [1.29, 1.82) is 0 Å². The van der Waals surface area contributed by atoms with Crippen molar-refractivity contribution in [1.82, 2.24) is 0 Å². The van der Waals surface area contributed by atoms with E-state index in [1.165, 1.54) is 19.3 Å². The minimum Gasteiger partial charge on any atom is -0.0764 e. The minimum atomic E-state index is 0.530. The molecule has 0 amide bonds. The Hall–Kier alpha value is -0.260. The van der Waals surface area contributed by atoms with E-state index in [0.717, 1.165) is 11.8 Å². The number of hydrogen-bond donors (Lipinski definition) is 0. The highest BCUT2D eigenvalue weighted by Gasteiger charge is 2.48. The third-order valence-electron chi connectivity index (χ3n) is 4.09. The second kappa shape index (κ2) is 2.37. The lowest BCUT2D eigenvalue weighted by Gasteiger charge is -2.34. The van der Waals surface area contributed by atoms with Gasteiger partial charge in [-0.3, -0.25) is 0 Å². The highest BCUT2D eigenvalue weighted by atomic mass is 14.5. The van der Waals surface area contributed by atoms with Crippen LogP contribution in [-0.2, 0) is 0 Å². The predicted octanol–water partition coefficient (Wildman–Crippen LogP) is 3.78. The van der Waals surface area contributed by atoms with E-state index in [0.29, 0.717) is 5.41 Å². The molecule has 0 aromatic rings. The highest BCUT2D eigenvalue weighted by molar-refractivity contribution is 5.29. The van der Waals surface area contributed by atoms with E-state index >= 15 is 0 Å². The van der Waals surface area contributed by atoms with Gasteiger partial charge in [-0.2, -0.15) is 0 Å². The molecule has 0 saturated heterocycles. The van der Waals surface area contributed by atoms with Gasteiger partial charge >= 0.3 is 0 Å². The van der Waals surface area contributed by atoms with Gasteiger partial charge in [0.1, 0.15) is 0 Å². The fourth-order valence-electron chi connectivity index (χ4n) is 3.70.